The van der Waals surface area contributed by atoms with Gasteiger partial charge in [0.25, 0.3) is 0 Å². The molecule has 0 atom stereocenters. The van der Waals surface area contributed by atoms with Gasteiger partial charge >= 0.3 is 0 Å². The zero-order valence-corrected chi connectivity index (χ0v) is 12.3. The van der Waals surface area contributed by atoms with E-state index in [-0.39, 0.29) is 23.0 Å². The van der Waals surface area contributed by atoms with Crippen molar-refractivity contribution in [2.45, 2.75) is 18.4 Å². The molecule has 0 aliphatic carbocycles. The molecule has 0 aliphatic rings. The van der Waals surface area contributed by atoms with E-state index >= 15 is 0 Å². The van der Waals surface area contributed by atoms with Gasteiger partial charge < -0.3 is 5.32 Å². The van der Waals surface area contributed by atoms with Crippen LogP contribution in [0.5, 0.6) is 0 Å². The minimum absolute atomic E-state index is 0.0340. The van der Waals surface area contributed by atoms with Gasteiger partial charge in [-0.1, -0.05) is 12.1 Å². The van der Waals surface area contributed by atoms with Crippen LogP contribution in [0.15, 0.2) is 40.7 Å². The zero-order valence-electron chi connectivity index (χ0n) is 10.7. The maximum atomic E-state index is 12.2. The molecule has 0 saturated heterocycles. The smallest absolute Gasteiger partial charge is 0.243 e. The van der Waals surface area contributed by atoms with E-state index < -0.39 is 10.0 Å². The summed E-state index contributed by atoms with van der Waals surface area (Å²) in [4.78, 5) is 15.1. The van der Waals surface area contributed by atoms with Crippen LogP contribution in [0.3, 0.4) is 0 Å². The first kappa shape index (κ1) is 14.6. The summed E-state index contributed by atoms with van der Waals surface area (Å²) in [6, 6.07) is 6.24. The normalized spacial score (nSPS) is 11.2. The Balaban J connectivity index is 2.22. The molecule has 0 bridgehead atoms. The summed E-state index contributed by atoms with van der Waals surface area (Å²) in [5.41, 5.74) is 0.256. The van der Waals surface area contributed by atoms with Crippen LogP contribution < -0.4 is 10.0 Å². The van der Waals surface area contributed by atoms with Crippen LogP contribution in [-0.4, -0.2) is 19.3 Å². The zero-order chi connectivity index (χ0) is 14.6. The highest BCUT2D eigenvalue weighted by atomic mass is 32.2. The summed E-state index contributed by atoms with van der Waals surface area (Å²) in [5, 5.41) is 4.95. The van der Waals surface area contributed by atoms with E-state index in [2.05, 4.69) is 15.0 Å². The van der Waals surface area contributed by atoms with Gasteiger partial charge in [-0.25, -0.2) is 18.1 Å². The maximum absolute atomic E-state index is 12.2. The second-order valence-corrected chi connectivity index (χ2v) is 6.64. The fourth-order valence-corrected chi connectivity index (χ4v) is 3.36. The van der Waals surface area contributed by atoms with Gasteiger partial charge in [-0.2, -0.15) is 0 Å². The van der Waals surface area contributed by atoms with Crippen molar-refractivity contribution in [2.24, 2.45) is 0 Å². The van der Waals surface area contributed by atoms with Gasteiger partial charge in [0.2, 0.25) is 15.9 Å². The van der Waals surface area contributed by atoms with Crippen molar-refractivity contribution in [3.63, 3.8) is 0 Å². The number of carbonyl (C=O) groups is 1. The highest BCUT2D eigenvalue weighted by Gasteiger charge is 2.18. The van der Waals surface area contributed by atoms with E-state index in [1.54, 1.807) is 29.8 Å². The Labute approximate surface area is 120 Å². The largest absolute Gasteiger partial charge is 0.325 e. The molecule has 106 valence electrons. The van der Waals surface area contributed by atoms with Crippen molar-refractivity contribution >= 4 is 33.0 Å². The quantitative estimate of drug-likeness (QED) is 0.877. The Morgan fingerprint density at radius 3 is 2.75 bits per heavy atom. The Morgan fingerprint density at radius 1 is 1.35 bits per heavy atom. The van der Waals surface area contributed by atoms with Crippen LogP contribution in [-0.2, 0) is 21.4 Å². The van der Waals surface area contributed by atoms with Crippen molar-refractivity contribution in [1.82, 2.24) is 9.71 Å². The molecule has 8 heteroatoms. The second-order valence-electron chi connectivity index (χ2n) is 3.93. The van der Waals surface area contributed by atoms with E-state index in [0.29, 0.717) is 5.01 Å². The number of carbonyl (C=O) groups excluding carboxylic acids is 1. The topological polar surface area (TPSA) is 88.2 Å². The van der Waals surface area contributed by atoms with Crippen molar-refractivity contribution in [1.29, 1.82) is 0 Å². The van der Waals surface area contributed by atoms with E-state index in [9.17, 15) is 13.2 Å². The number of para-hydroxylation sites is 1. The van der Waals surface area contributed by atoms with Crippen molar-refractivity contribution in [2.75, 3.05) is 5.32 Å². The molecule has 2 N–H and O–H groups in total. The number of nitrogens with one attached hydrogen (secondary N) is 2. The third kappa shape index (κ3) is 3.62. The number of nitrogens with zero attached hydrogens (tertiary/aromatic N) is 1. The predicted octanol–water partition coefficient (Wildman–Crippen LogP) is 1.58. The molecule has 2 rings (SSSR count). The molecule has 20 heavy (non-hydrogen) atoms. The number of amides is 1. The van der Waals surface area contributed by atoms with E-state index in [0.717, 1.165) is 0 Å². The minimum Gasteiger partial charge on any atom is -0.325 e. The molecule has 1 aromatic carbocycles. The summed E-state index contributed by atoms with van der Waals surface area (Å²) in [6.07, 6.45) is 1.61. The Hall–Kier alpha value is -1.77. The minimum atomic E-state index is -3.71. The summed E-state index contributed by atoms with van der Waals surface area (Å²) >= 11 is 1.37. The maximum Gasteiger partial charge on any atom is 0.243 e. The van der Waals surface area contributed by atoms with Crippen LogP contribution in [0.25, 0.3) is 0 Å². The second kappa shape index (κ2) is 6.12. The van der Waals surface area contributed by atoms with Gasteiger partial charge in [0.1, 0.15) is 9.90 Å². The lowest BCUT2D eigenvalue weighted by Gasteiger charge is -2.10. The van der Waals surface area contributed by atoms with Gasteiger partial charge in [-0.15, -0.1) is 11.3 Å². The third-order valence-electron chi connectivity index (χ3n) is 2.38. The van der Waals surface area contributed by atoms with Gasteiger partial charge in [-0.3, -0.25) is 4.79 Å². The number of anilines is 1. The lowest BCUT2D eigenvalue weighted by atomic mass is 10.3. The molecule has 6 nitrogen and oxygen atoms in total. The van der Waals surface area contributed by atoms with E-state index in [1.165, 1.54) is 24.3 Å². The molecule has 0 radical (unpaired) electrons. The molecule has 0 unspecified atom stereocenters. The number of thiazole rings is 1. The first-order chi connectivity index (χ1) is 9.49. The molecule has 2 aromatic rings. The highest BCUT2D eigenvalue weighted by Crippen LogP contribution is 2.21. The molecule has 1 amide bonds. The van der Waals surface area contributed by atoms with Crippen molar-refractivity contribution in [3.05, 3.63) is 40.8 Å². The van der Waals surface area contributed by atoms with Gasteiger partial charge in [0.05, 0.1) is 12.2 Å². The monoisotopic (exact) mass is 311 g/mol. The lowest BCUT2D eigenvalue weighted by Crippen LogP contribution is -2.24. The lowest BCUT2D eigenvalue weighted by molar-refractivity contribution is -0.114. The molecular weight excluding hydrogens is 298 g/mol. The Morgan fingerprint density at radius 2 is 2.10 bits per heavy atom. The van der Waals surface area contributed by atoms with Crippen molar-refractivity contribution in [3.8, 4) is 0 Å². The molecule has 0 fully saturated rings. The van der Waals surface area contributed by atoms with Crippen LogP contribution in [0, 0.1) is 0 Å². The number of rotatable bonds is 5. The number of hydrogen-bond acceptors (Lipinski definition) is 5. The molecule has 0 spiro atoms. The average molecular weight is 311 g/mol. The highest BCUT2D eigenvalue weighted by molar-refractivity contribution is 7.89. The molecule has 1 aromatic heterocycles. The Bertz CT molecular complexity index is 696. The molecule has 0 saturated carbocycles. The van der Waals surface area contributed by atoms with Crippen LogP contribution in [0.4, 0.5) is 5.69 Å². The van der Waals surface area contributed by atoms with Gasteiger partial charge in [0.15, 0.2) is 0 Å². The first-order valence-corrected chi connectivity index (χ1v) is 8.10. The Kier molecular flexibility index (Phi) is 4.48. The third-order valence-corrected chi connectivity index (χ3v) is 4.62. The van der Waals surface area contributed by atoms with Crippen LogP contribution in [0.2, 0.25) is 0 Å². The SMILES string of the molecule is CC(=O)Nc1ccccc1S(=O)(=O)NCc1nccs1. The van der Waals surface area contributed by atoms with Gasteiger partial charge in [0, 0.05) is 18.5 Å². The fraction of sp³-hybridized carbons (Fsp3) is 0.167. The van der Waals surface area contributed by atoms with E-state index in [4.69, 9.17) is 0 Å². The number of hydrogen-bond donors (Lipinski definition) is 2. The predicted molar refractivity (Wildman–Crippen MR) is 76.9 cm³/mol. The first-order valence-electron chi connectivity index (χ1n) is 5.74. The molecule has 1 heterocycles. The summed E-state index contributed by atoms with van der Waals surface area (Å²) < 4.78 is 26.9. The summed E-state index contributed by atoms with van der Waals surface area (Å²) in [5.74, 6) is -0.326. The summed E-state index contributed by atoms with van der Waals surface area (Å²) in [7, 11) is -3.71. The number of benzene rings is 1. The van der Waals surface area contributed by atoms with Crippen LogP contribution >= 0.6 is 11.3 Å². The summed E-state index contributed by atoms with van der Waals surface area (Å²) in [6.45, 7) is 1.45. The number of aromatic nitrogens is 1. The molecular formula is C12H13N3O3S2. The standard InChI is InChI=1S/C12H13N3O3S2/c1-9(16)15-10-4-2-3-5-11(10)20(17,18)14-8-12-13-6-7-19-12/h2-7,14H,8H2,1H3,(H,15,16). The number of sulfonamides is 1. The average Bonchev–Trinajstić information content (AvgIpc) is 2.89. The fourth-order valence-electron chi connectivity index (χ4n) is 1.57. The van der Waals surface area contributed by atoms with Crippen molar-refractivity contribution < 1.29 is 13.2 Å². The van der Waals surface area contributed by atoms with E-state index in [1.807, 2.05) is 0 Å². The van der Waals surface area contributed by atoms with Gasteiger partial charge in [-0.05, 0) is 12.1 Å². The molecule has 0 aliphatic heterocycles. The van der Waals surface area contributed by atoms with Crippen LogP contribution in [0.1, 0.15) is 11.9 Å².